The number of anilines is 2. The molecule has 1 aromatic carbocycles. The smallest absolute Gasteiger partial charge is 0.230 e. The zero-order valence-electron chi connectivity index (χ0n) is 12.9. The monoisotopic (exact) mass is 317 g/mol. The highest BCUT2D eigenvalue weighted by atomic mass is 32.1. The van der Waals surface area contributed by atoms with Crippen molar-refractivity contribution in [3.8, 4) is 0 Å². The van der Waals surface area contributed by atoms with Crippen molar-refractivity contribution in [1.29, 1.82) is 0 Å². The van der Waals surface area contributed by atoms with Gasteiger partial charge in [0.25, 0.3) is 0 Å². The van der Waals surface area contributed by atoms with E-state index in [1.807, 2.05) is 12.3 Å². The number of aryl methyl sites for hydroxylation is 1. The van der Waals surface area contributed by atoms with Crippen molar-refractivity contribution in [3.63, 3.8) is 0 Å². The molecule has 5 nitrogen and oxygen atoms in total. The molecule has 0 atom stereocenters. The van der Waals surface area contributed by atoms with Crippen LogP contribution in [-0.2, 0) is 22.4 Å². The van der Waals surface area contributed by atoms with E-state index < -0.39 is 0 Å². The van der Waals surface area contributed by atoms with E-state index in [1.165, 1.54) is 6.92 Å². The molecule has 0 bridgehead atoms. The summed E-state index contributed by atoms with van der Waals surface area (Å²) in [6.45, 7) is 3.55. The highest BCUT2D eigenvalue weighted by molar-refractivity contribution is 7.09. The molecular weight excluding hydrogens is 298 g/mol. The standard InChI is InChI=1S/C16H19N3O2S/c1-4-16-18-13(10-22-16)9-15(21)17-12-5-7-14(8-6-12)19(3)11(2)20/h5-8,10H,4,9H2,1-3H3,(H,17,21). The van der Waals surface area contributed by atoms with E-state index in [0.29, 0.717) is 5.69 Å². The van der Waals surface area contributed by atoms with Gasteiger partial charge in [0.2, 0.25) is 11.8 Å². The number of hydrogen-bond acceptors (Lipinski definition) is 4. The lowest BCUT2D eigenvalue weighted by molar-refractivity contribution is -0.116. The molecule has 2 amide bonds. The average Bonchev–Trinajstić information content (AvgIpc) is 2.94. The van der Waals surface area contributed by atoms with Crippen LogP contribution in [0.15, 0.2) is 29.6 Å². The van der Waals surface area contributed by atoms with Gasteiger partial charge in [-0.1, -0.05) is 6.92 Å². The van der Waals surface area contributed by atoms with Crippen LogP contribution in [0, 0.1) is 0 Å². The maximum absolute atomic E-state index is 12.0. The summed E-state index contributed by atoms with van der Waals surface area (Å²) in [4.78, 5) is 29.2. The molecule has 0 aliphatic heterocycles. The van der Waals surface area contributed by atoms with Crippen LogP contribution >= 0.6 is 11.3 Å². The summed E-state index contributed by atoms with van der Waals surface area (Å²) in [6.07, 6.45) is 1.16. The summed E-state index contributed by atoms with van der Waals surface area (Å²) in [5.41, 5.74) is 2.29. The van der Waals surface area contributed by atoms with Gasteiger partial charge in [-0.3, -0.25) is 9.59 Å². The van der Waals surface area contributed by atoms with Gasteiger partial charge in [-0.05, 0) is 30.7 Å². The molecule has 1 aromatic heterocycles. The topological polar surface area (TPSA) is 62.3 Å². The predicted octanol–water partition coefficient (Wildman–Crippen LogP) is 2.87. The van der Waals surface area contributed by atoms with Crippen molar-refractivity contribution in [3.05, 3.63) is 40.3 Å². The summed E-state index contributed by atoms with van der Waals surface area (Å²) in [7, 11) is 1.71. The maximum atomic E-state index is 12.0. The maximum Gasteiger partial charge on any atom is 0.230 e. The Morgan fingerprint density at radius 2 is 1.95 bits per heavy atom. The van der Waals surface area contributed by atoms with Crippen LogP contribution in [0.2, 0.25) is 0 Å². The zero-order valence-corrected chi connectivity index (χ0v) is 13.7. The van der Waals surface area contributed by atoms with Crippen molar-refractivity contribution in [1.82, 2.24) is 4.98 Å². The summed E-state index contributed by atoms with van der Waals surface area (Å²) >= 11 is 1.58. The Kier molecular flexibility index (Phi) is 5.27. The molecule has 116 valence electrons. The lowest BCUT2D eigenvalue weighted by atomic mass is 10.2. The largest absolute Gasteiger partial charge is 0.326 e. The van der Waals surface area contributed by atoms with Gasteiger partial charge >= 0.3 is 0 Å². The molecular formula is C16H19N3O2S. The molecule has 0 aliphatic carbocycles. The normalized spacial score (nSPS) is 10.3. The molecule has 22 heavy (non-hydrogen) atoms. The molecule has 6 heteroatoms. The number of nitrogens with zero attached hydrogens (tertiary/aromatic N) is 2. The van der Waals surface area contributed by atoms with Crippen molar-refractivity contribution in [2.45, 2.75) is 26.7 Å². The van der Waals surface area contributed by atoms with Crippen LogP contribution in [0.1, 0.15) is 24.5 Å². The number of thiazole rings is 1. The van der Waals surface area contributed by atoms with Crippen LogP contribution in [-0.4, -0.2) is 23.8 Å². The Bertz CT molecular complexity index is 664. The molecule has 0 radical (unpaired) electrons. The molecule has 0 unspecified atom stereocenters. The second-order valence-corrected chi connectivity index (χ2v) is 5.88. The number of carbonyl (C=O) groups is 2. The number of benzene rings is 1. The first-order valence-electron chi connectivity index (χ1n) is 7.07. The summed E-state index contributed by atoms with van der Waals surface area (Å²) in [6, 6.07) is 7.17. The van der Waals surface area contributed by atoms with Crippen molar-refractivity contribution >= 4 is 34.5 Å². The minimum absolute atomic E-state index is 0.0351. The molecule has 0 saturated heterocycles. The average molecular weight is 317 g/mol. The highest BCUT2D eigenvalue weighted by Gasteiger charge is 2.09. The molecule has 0 spiro atoms. The first-order chi connectivity index (χ1) is 10.5. The van der Waals surface area contributed by atoms with Gasteiger partial charge in [-0.25, -0.2) is 4.98 Å². The van der Waals surface area contributed by atoms with Gasteiger partial charge < -0.3 is 10.2 Å². The van der Waals surface area contributed by atoms with E-state index in [4.69, 9.17) is 0 Å². The van der Waals surface area contributed by atoms with E-state index >= 15 is 0 Å². The number of rotatable bonds is 5. The summed E-state index contributed by atoms with van der Waals surface area (Å²) in [5.74, 6) is -0.132. The fraction of sp³-hybridized carbons (Fsp3) is 0.312. The van der Waals surface area contributed by atoms with Gasteiger partial charge in [-0.2, -0.15) is 0 Å². The van der Waals surface area contributed by atoms with Gasteiger partial charge in [0.05, 0.1) is 17.1 Å². The fourth-order valence-corrected chi connectivity index (χ4v) is 2.66. The Morgan fingerprint density at radius 1 is 1.27 bits per heavy atom. The molecule has 1 N–H and O–H groups in total. The van der Waals surface area contributed by atoms with E-state index in [0.717, 1.165) is 22.8 Å². The molecule has 0 fully saturated rings. The Labute approximate surface area is 134 Å². The third kappa shape index (κ3) is 4.14. The van der Waals surface area contributed by atoms with Crippen molar-refractivity contribution in [2.24, 2.45) is 0 Å². The Morgan fingerprint density at radius 3 is 2.50 bits per heavy atom. The van der Waals surface area contributed by atoms with E-state index in [-0.39, 0.29) is 18.2 Å². The zero-order chi connectivity index (χ0) is 16.1. The van der Waals surface area contributed by atoms with Gasteiger partial charge in [-0.15, -0.1) is 11.3 Å². The van der Waals surface area contributed by atoms with Crippen LogP contribution in [0.5, 0.6) is 0 Å². The van der Waals surface area contributed by atoms with E-state index in [9.17, 15) is 9.59 Å². The van der Waals surface area contributed by atoms with Gasteiger partial charge in [0, 0.05) is 30.7 Å². The van der Waals surface area contributed by atoms with Crippen molar-refractivity contribution in [2.75, 3.05) is 17.3 Å². The number of hydrogen-bond donors (Lipinski definition) is 1. The van der Waals surface area contributed by atoms with E-state index in [1.54, 1.807) is 47.5 Å². The summed E-state index contributed by atoms with van der Waals surface area (Å²) in [5, 5.41) is 5.80. The minimum Gasteiger partial charge on any atom is -0.326 e. The van der Waals surface area contributed by atoms with E-state index in [2.05, 4.69) is 10.3 Å². The van der Waals surface area contributed by atoms with Crippen LogP contribution < -0.4 is 10.2 Å². The third-order valence-electron chi connectivity index (χ3n) is 3.25. The number of nitrogens with one attached hydrogen (secondary N) is 1. The van der Waals surface area contributed by atoms with Crippen LogP contribution in [0.3, 0.4) is 0 Å². The molecule has 0 aliphatic rings. The SMILES string of the molecule is CCc1nc(CC(=O)Nc2ccc(N(C)C(C)=O)cc2)cs1. The molecule has 1 heterocycles. The Balaban J connectivity index is 1.95. The molecule has 2 rings (SSSR count). The lowest BCUT2D eigenvalue weighted by Crippen LogP contribution is -2.22. The first kappa shape index (κ1) is 16.2. The van der Waals surface area contributed by atoms with Gasteiger partial charge in [0.1, 0.15) is 0 Å². The minimum atomic E-state index is -0.0966. The fourth-order valence-electron chi connectivity index (χ4n) is 1.91. The Hall–Kier alpha value is -2.21. The van der Waals surface area contributed by atoms with Crippen molar-refractivity contribution < 1.29 is 9.59 Å². The highest BCUT2D eigenvalue weighted by Crippen LogP contribution is 2.17. The van der Waals surface area contributed by atoms with Crippen LogP contribution in [0.4, 0.5) is 11.4 Å². The lowest BCUT2D eigenvalue weighted by Gasteiger charge is -2.15. The number of carbonyl (C=O) groups excluding carboxylic acids is 2. The summed E-state index contributed by atoms with van der Waals surface area (Å²) < 4.78 is 0. The van der Waals surface area contributed by atoms with Gasteiger partial charge in [0.15, 0.2) is 0 Å². The number of amides is 2. The second-order valence-electron chi connectivity index (χ2n) is 4.94. The molecule has 2 aromatic rings. The first-order valence-corrected chi connectivity index (χ1v) is 7.95. The third-order valence-corrected chi connectivity index (χ3v) is 4.30. The van der Waals surface area contributed by atoms with Crippen LogP contribution in [0.25, 0.3) is 0 Å². The second kappa shape index (κ2) is 7.17. The molecule has 0 saturated carbocycles. The predicted molar refractivity (Wildman–Crippen MR) is 89.4 cm³/mol. The quantitative estimate of drug-likeness (QED) is 0.922. The number of aromatic nitrogens is 1.